The van der Waals surface area contributed by atoms with E-state index in [9.17, 15) is 13.2 Å². The monoisotopic (exact) mass is 490 g/mol. The second-order valence-electron chi connectivity index (χ2n) is 7.84. The Morgan fingerprint density at radius 1 is 0.971 bits per heavy atom. The molecule has 0 fully saturated rings. The van der Waals surface area contributed by atoms with E-state index < -0.39 is 10.0 Å². The van der Waals surface area contributed by atoms with Crippen molar-refractivity contribution in [2.75, 3.05) is 14.2 Å². The summed E-state index contributed by atoms with van der Waals surface area (Å²) in [5, 5.41) is 7.58. The van der Waals surface area contributed by atoms with Crippen LogP contribution >= 0.6 is 0 Å². The highest BCUT2D eigenvalue weighted by Gasteiger charge is 2.19. The zero-order valence-corrected chi connectivity index (χ0v) is 20.2. The molecule has 0 saturated heterocycles. The largest absolute Gasteiger partial charge is 0.497 e. The Balaban J connectivity index is 1.60. The summed E-state index contributed by atoms with van der Waals surface area (Å²) in [5.41, 5.74) is 3.48. The fraction of sp³-hybridized carbons (Fsp3) is 0.154. The normalized spacial score (nSPS) is 11.3. The van der Waals surface area contributed by atoms with E-state index in [1.807, 2.05) is 54.6 Å². The summed E-state index contributed by atoms with van der Waals surface area (Å²) in [7, 11) is -0.617. The molecule has 1 amide bonds. The van der Waals surface area contributed by atoms with Gasteiger partial charge in [0.2, 0.25) is 10.0 Å². The summed E-state index contributed by atoms with van der Waals surface area (Å²) < 4.78 is 33.5. The predicted octanol–water partition coefficient (Wildman–Crippen LogP) is 3.45. The maximum absolute atomic E-state index is 13.2. The molecule has 180 valence electrons. The minimum absolute atomic E-state index is 0.140. The number of hydrogen-bond donors (Lipinski definition) is 2. The molecule has 1 heterocycles. The van der Waals surface area contributed by atoms with Crippen molar-refractivity contribution in [1.29, 1.82) is 0 Å². The molecule has 9 heteroatoms. The van der Waals surface area contributed by atoms with Gasteiger partial charge in [-0.3, -0.25) is 9.48 Å². The lowest BCUT2D eigenvalue weighted by Crippen LogP contribution is -2.23. The van der Waals surface area contributed by atoms with E-state index in [1.165, 1.54) is 19.2 Å². The van der Waals surface area contributed by atoms with Gasteiger partial charge in [-0.05, 0) is 54.6 Å². The third kappa shape index (κ3) is 5.76. The number of hydrogen-bond acceptors (Lipinski definition) is 5. The summed E-state index contributed by atoms with van der Waals surface area (Å²) in [6.45, 7) is 0.680. The van der Waals surface area contributed by atoms with Crippen LogP contribution in [0.1, 0.15) is 21.5 Å². The zero-order chi connectivity index (χ0) is 24.8. The van der Waals surface area contributed by atoms with E-state index in [1.54, 1.807) is 30.1 Å². The lowest BCUT2D eigenvalue weighted by molar-refractivity contribution is 0.0951. The van der Waals surface area contributed by atoms with E-state index in [-0.39, 0.29) is 17.3 Å². The number of sulfonamides is 1. The number of nitrogens with one attached hydrogen (secondary N) is 2. The van der Waals surface area contributed by atoms with Gasteiger partial charge in [-0.2, -0.15) is 5.10 Å². The van der Waals surface area contributed by atoms with E-state index in [2.05, 4.69) is 10.0 Å². The molecule has 0 atom stereocenters. The molecular weight excluding hydrogens is 464 g/mol. The molecule has 8 nitrogen and oxygen atoms in total. The molecule has 0 radical (unpaired) electrons. The quantitative estimate of drug-likeness (QED) is 0.374. The van der Waals surface area contributed by atoms with Crippen molar-refractivity contribution >= 4 is 15.9 Å². The summed E-state index contributed by atoms with van der Waals surface area (Å²) in [5.74, 6) is 0.400. The first kappa shape index (κ1) is 24.2. The van der Waals surface area contributed by atoms with Gasteiger partial charge in [-0.15, -0.1) is 0 Å². The molecule has 0 bridgehead atoms. The van der Waals surface area contributed by atoms with Crippen molar-refractivity contribution in [1.82, 2.24) is 19.8 Å². The number of ether oxygens (including phenoxy) is 1. The van der Waals surface area contributed by atoms with Crippen molar-refractivity contribution in [2.45, 2.75) is 18.0 Å². The van der Waals surface area contributed by atoms with Crippen LogP contribution in [0.3, 0.4) is 0 Å². The van der Waals surface area contributed by atoms with Gasteiger partial charge < -0.3 is 10.1 Å². The fourth-order valence-corrected chi connectivity index (χ4v) is 4.42. The van der Waals surface area contributed by atoms with Gasteiger partial charge in [-0.1, -0.05) is 42.5 Å². The third-order valence-electron chi connectivity index (χ3n) is 5.49. The van der Waals surface area contributed by atoms with Crippen molar-refractivity contribution in [3.8, 4) is 17.0 Å². The van der Waals surface area contributed by atoms with Gasteiger partial charge in [-0.25, -0.2) is 13.1 Å². The second-order valence-corrected chi connectivity index (χ2v) is 9.73. The first-order valence-electron chi connectivity index (χ1n) is 11.0. The second kappa shape index (κ2) is 10.5. The Bertz CT molecular complexity index is 1420. The van der Waals surface area contributed by atoms with Gasteiger partial charge in [0.25, 0.3) is 5.91 Å². The highest BCUT2D eigenvalue weighted by molar-refractivity contribution is 7.89. The van der Waals surface area contributed by atoms with Crippen molar-refractivity contribution in [3.63, 3.8) is 0 Å². The van der Waals surface area contributed by atoms with Crippen LogP contribution in [0, 0.1) is 0 Å². The maximum Gasteiger partial charge on any atom is 0.255 e. The molecule has 2 N–H and O–H groups in total. The number of aromatic nitrogens is 2. The summed E-state index contributed by atoms with van der Waals surface area (Å²) >= 11 is 0. The lowest BCUT2D eigenvalue weighted by Gasteiger charge is -2.08. The average molecular weight is 491 g/mol. The number of benzene rings is 3. The Labute approximate surface area is 204 Å². The average Bonchev–Trinajstić information content (AvgIpc) is 3.32. The molecule has 0 aliphatic carbocycles. The maximum atomic E-state index is 13.2. The fourth-order valence-electron chi connectivity index (χ4n) is 3.62. The Morgan fingerprint density at radius 2 is 1.69 bits per heavy atom. The van der Waals surface area contributed by atoms with Crippen LogP contribution < -0.4 is 14.8 Å². The van der Waals surface area contributed by atoms with E-state index >= 15 is 0 Å². The number of carbonyl (C=O) groups excluding carboxylic acids is 1. The molecule has 4 aromatic rings. The minimum Gasteiger partial charge on any atom is -0.497 e. The summed E-state index contributed by atoms with van der Waals surface area (Å²) in [4.78, 5) is 13.4. The molecule has 0 aliphatic rings. The molecule has 0 unspecified atom stereocenters. The molecule has 1 aromatic heterocycles. The lowest BCUT2D eigenvalue weighted by atomic mass is 10.1. The van der Waals surface area contributed by atoms with Crippen molar-refractivity contribution < 1.29 is 17.9 Å². The highest BCUT2D eigenvalue weighted by atomic mass is 32.2. The Morgan fingerprint density at radius 3 is 2.37 bits per heavy atom. The third-order valence-corrected chi connectivity index (χ3v) is 6.90. The smallest absolute Gasteiger partial charge is 0.255 e. The standard InChI is InChI=1S/C26H26N4O4S/c1-27-35(32,33)23-10-6-9-20(15-23)16-28-26(31)24-18-30(17-19-7-4-3-5-8-19)29-25(24)21-11-13-22(34-2)14-12-21/h3-15,18,27H,16-17H2,1-2H3,(H,28,31). The minimum atomic E-state index is -3.57. The van der Waals surface area contributed by atoms with Gasteiger partial charge in [0.1, 0.15) is 11.4 Å². The van der Waals surface area contributed by atoms with Crippen LogP contribution in [0.2, 0.25) is 0 Å². The van der Waals surface area contributed by atoms with Crippen LogP contribution in [0.5, 0.6) is 5.75 Å². The number of carbonyl (C=O) groups is 1. The van der Waals surface area contributed by atoms with Gasteiger partial charge in [0.05, 0.1) is 24.1 Å². The molecular formula is C26H26N4O4S. The molecule has 4 rings (SSSR count). The zero-order valence-electron chi connectivity index (χ0n) is 19.4. The number of rotatable bonds is 9. The summed E-state index contributed by atoms with van der Waals surface area (Å²) in [6, 6.07) is 23.7. The topological polar surface area (TPSA) is 102 Å². The van der Waals surface area contributed by atoms with Crippen LogP contribution in [0.25, 0.3) is 11.3 Å². The van der Waals surface area contributed by atoms with Crippen molar-refractivity contribution in [3.05, 3.63) is 102 Å². The van der Waals surface area contributed by atoms with Crippen LogP contribution in [-0.2, 0) is 23.1 Å². The number of nitrogens with zero attached hydrogens (tertiary/aromatic N) is 2. The van der Waals surface area contributed by atoms with Crippen molar-refractivity contribution in [2.24, 2.45) is 0 Å². The van der Waals surface area contributed by atoms with Gasteiger partial charge in [0.15, 0.2) is 0 Å². The number of methoxy groups -OCH3 is 1. The van der Waals surface area contributed by atoms with Gasteiger partial charge >= 0.3 is 0 Å². The Hall–Kier alpha value is -3.95. The van der Waals surface area contributed by atoms with E-state index in [0.717, 1.165) is 11.1 Å². The van der Waals surface area contributed by atoms with Crippen LogP contribution in [0.4, 0.5) is 0 Å². The predicted molar refractivity (Wildman–Crippen MR) is 134 cm³/mol. The van der Waals surface area contributed by atoms with E-state index in [4.69, 9.17) is 9.84 Å². The van der Waals surface area contributed by atoms with E-state index in [0.29, 0.717) is 29.1 Å². The molecule has 3 aromatic carbocycles. The van der Waals surface area contributed by atoms with Gasteiger partial charge in [0, 0.05) is 18.3 Å². The van der Waals surface area contributed by atoms with Crippen LogP contribution in [-0.4, -0.2) is 38.3 Å². The first-order valence-corrected chi connectivity index (χ1v) is 12.4. The SMILES string of the molecule is CNS(=O)(=O)c1cccc(CNC(=O)c2cn(Cc3ccccc3)nc2-c2ccc(OC)cc2)c1. The molecule has 35 heavy (non-hydrogen) atoms. The molecule has 0 saturated carbocycles. The first-order chi connectivity index (χ1) is 16.9. The van der Waals surface area contributed by atoms with Crippen LogP contribution in [0.15, 0.2) is 90.0 Å². The molecule has 0 spiro atoms. The summed E-state index contributed by atoms with van der Waals surface area (Å²) in [6.07, 6.45) is 1.73. The Kier molecular flexibility index (Phi) is 7.28. The molecule has 0 aliphatic heterocycles. The number of amides is 1. The highest BCUT2D eigenvalue weighted by Crippen LogP contribution is 2.25.